The fourth-order valence-corrected chi connectivity index (χ4v) is 3.66. The van der Waals surface area contributed by atoms with Gasteiger partial charge in [-0.3, -0.25) is 9.48 Å². The Hall–Kier alpha value is -3.09. The highest BCUT2D eigenvalue weighted by atomic mass is 19.4. The lowest BCUT2D eigenvalue weighted by molar-refractivity contribution is -0.137. The van der Waals surface area contributed by atoms with Crippen molar-refractivity contribution in [3.8, 4) is 0 Å². The predicted molar refractivity (Wildman–Crippen MR) is 120 cm³/mol. The van der Waals surface area contributed by atoms with Crippen LogP contribution in [0.25, 0.3) is 0 Å². The van der Waals surface area contributed by atoms with E-state index < -0.39 is 17.6 Å². The van der Waals surface area contributed by atoms with Crippen molar-refractivity contribution in [3.05, 3.63) is 81.7 Å². The number of aromatic nitrogens is 2. The first-order valence-corrected chi connectivity index (χ1v) is 10.4. The van der Waals surface area contributed by atoms with Crippen LogP contribution in [0.1, 0.15) is 64.8 Å². The molecule has 170 valence electrons. The summed E-state index contributed by atoms with van der Waals surface area (Å²) in [5.74, 6) is -0.505. The van der Waals surface area contributed by atoms with E-state index in [1.54, 1.807) is 10.7 Å². The van der Waals surface area contributed by atoms with E-state index in [1.165, 1.54) is 12.1 Å². The molecular weight excluding hydrogens is 415 g/mol. The van der Waals surface area contributed by atoms with Crippen molar-refractivity contribution >= 4 is 11.6 Å². The molecular formula is C25H28F3N3O. The molecule has 2 aromatic carbocycles. The number of rotatable bonds is 4. The monoisotopic (exact) mass is 443 g/mol. The van der Waals surface area contributed by atoms with Crippen molar-refractivity contribution in [3.63, 3.8) is 0 Å². The van der Waals surface area contributed by atoms with E-state index in [0.29, 0.717) is 12.2 Å². The van der Waals surface area contributed by atoms with Gasteiger partial charge in [-0.2, -0.15) is 18.3 Å². The van der Waals surface area contributed by atoms with Crippen molar-refractivity contribution in [2.24, 2.45) is 0 Å². The van der Waals surface area contributed by atoms with Crippen LogP contribution in [-0.4, -0.2) is 15.7 Å². The van der Waals surface area contributed by atoms with Gasteiger partial charge in [0.25, 0.3) is 5.91 Å². The van der Waals surface area contributed by atoms with Crippen molar-refractivity contribution in [2.45, 2.75) is 59.7 Å². The van der Waals surface area contributed by atoms with Gasteiger partial charge < -0.3 is 5.32 Å². The van der Waals surface area contributed by atoms with Gasteiger partial charge in [0.15, 0.2) is 0 Å². The highest BCUT2D eigenvalue weighted by Gasteiger charge is 2.31. The zero-order chi connectivity index (χ0) is 23.8. The number of nitrogens with one attached hydrogen (secondary N) is 1. The van der Waals surface area contributed by atoms with E-state index in [-0.39, 0.29) is 11.1 Å². The second kappa shape index (κ2) is 8.45. The van der Waals surface area contributed by atoms with E-state index >= 15 is 0 Å². The molecule has 0 atom stereocenters. The molecule has 0 aliphatic heterocycles. The van der Waals surface area contributed by atoms with Gasteiger partial charge in [-0.25, -0.2) is 0 Å². The first-order chi connectivity index (χ1) is 14.8. The normalized spacial score (nSPS) is 12.2. The Balaban J connectivity index is 1.99. The Kier molecular flexibility index (Phi) is 6.22. The van der Waals surface area contributed by atoms with Crippen LogP contribution in [0.3, 0.4) is 0 Å². The molecule has 0 aliphatic carbocycles. The van der Waals surface area contributed by atoms with Crippen LogP contribution in [0.4, 0.5) is 18.9 Å². The Bertz CT molecular complexity index is 1130. The smallest absolute Gasteiger partial charge is 0.321 e. The summed E-state index contributed by atoms with van der Waals surface area (Å²) in [5, 5.41) is 7.28. The van der Waals surface area contributed by atoms with Crippen LogP contribution < -0.4 is 5.32 Å². The zero-order valence-electron chi connectivity index (χ0n) is 19.2. The number of hydrogen-bond acceptors (Lipinski definition) is 2. The fraction of sp³-hybridized carbons (Fsp3) is 0.360. The van der Waals surface area contributed by atoms with Gasteiger partial charge >= 0.3 is 6.18 Å². The van der Waals surface area contributed by atoms with Gasteiger partial charge in [0.2, 0.25) is 0 Å². The van der Waals surface area contributed by atoms with Crippen LogP contribution in [0, 0.1) is 20.8 Å². The van der Waals surface area contributed by atoms with Gasteiger partial charge in [0, 0.05) is 11.1 Å². The summed E-state index contributed by atoms with van der Waals surface area (Å²) in [6, 6.07) is 10.5. The van der Waals surface area contributed by atoms with Crippen LogP contribution in [0.2, 0.25) is 0 Å². The van der Waals surface area contributed by atoms with Crippen LogP contribution in [0.15, 0.2) is 42.5 Å². The summed E-state index contributed by atoms with van der Waals surface area (Å²) in [5.41, 5.74) is 4.41. The number of nitrogens with zero attached hydrogens (tertiary/aromatic N) is 2. The molecule has 1 heterocycles. The Labute approximate surface area is 186 Å². The standard InChI is InChI=1S/C25H28F3N3O/c1-15-10-16(2)20(17(3)11-15)14-31-21(13-22(30-31)24(4,5)6)23(32)29-19-9-7-8-18(12-19)25(26,27)28/h7-13H,14H2,1-6H3,(H,29,32). The molecule has 0 radical (unpaired) electrons. The molecule has 1 amide bonds. The van der Waals surface area contributed by atoms with Crippen LogP contribution >= 0.6 is 0 Å². The first kappa shape index (κ1) is 23.6. The summed E-state index contributed by atoms with van der Waals surface area (Å²) in [6.07, 6.45) is -4.48. The fourth-order valence-electron chi connectivity index (χ4n) is 3.66. The minimum absolute atomic E-state index is 0.0811. The average molecular weight is 444 g/mol. The first-order valence-electron chi connectivity index (χ1n) is 10.4. The lowest BCUT2D eigenvalue weighted by Gasteiger charge is -2.15. The molecule has 3 aromatic rings. The number of carbonyl (C=O) groups is 1. The summed E-state index contributed by atoms with van der Waals surface area (Å²) in [6.45, 7) is 12.4. The summed E-state index contributed by atoms with van der Waals surface area (Å²) in [4.78, 5) is 13.1. The number of carbonyl (C=O) groups excluding carboxylic acids is 1. The molecule has 3 rings (SSSR count). The number of halogens is 3. The van der Waals surface area contributed by atoms with E-state index in [1.807, 2.05) is 41.5 Å². The minimum atomic E-state index is -4.48. The Morgan fingerprint density at radius 1 is 1.00 bits per heavy atom. The van der Waals surface area contributed by atoms with E-state index in [2.05, 4.69) is 22.5 Å². The summed E-state index contributed by atoms with van der Waals surface area (Å²) < 4.78 is 40.8. The minimum Gasteiger partial charge on any atom is -0.321 e. The third-order valence-electron chi connectivity index (χ3n) is 5.38. The molecule has 32 heavy (non-hydrogen) atoms. The number of anilines is 1. The number of aryl methyl sites for hydroxylation is 3. The highest BCUT2D eigenvalue weighted by Crippen LogP contribution is 2.31. The van der Waals surface area contributed by atoms with Crippen LogP contribution in [-0.2, 0) is 18.1 Å². The number of alkyl halides is 3. The zero-order valence-corrected chi connectivity index (χ0v) is 19.2. The maximum atomic E-state index is 13.1. The molecule has 0 fully saturated rings. The molecule has 0 spiro atoms. The number of amides is 1. The molecule has 0 aliphatic rings. The Morgan fingerprint density at radius 2 is 1.62 bits per heavy atom. The third kappa shape index (κ3) is 5.21. The molecule has 0 bridgehead atoms. The van der Waals surface area contributed by atoms with Crippen molar-refractivity contribution in [1.82, 2.24) is 9.78 Å². The highest BCUT2D eigenvalue weighted by molar-refractivity contribution is 6.03. The van der Waals surface area contributed by atoms with Crippen molar-refractivity contribution < 1.29 is 18.0 Å². The maximum Gasteiger partial charge on any atom is 0.416 e. The second-order valence-electron chi connectivity index (χ2n) is 9.23. The van der Waals surface area contributed by atoms with Gasteiger partial charge in [-0.05, 0) is 61.7 Å². The van der Waals surface area contributed by atoms with Crippen molar-refractivity contribution in [1.29, 1.82) is 0 Å². The van der Waals surface area contributed by atoms with Gasteiger partial charge in [0.05, 0.1) is 17.8 Å². The lowest BCUT2D eigenvalue weighted by Crippen LogP contribution is -2.19. The largest absolute Gasteiger partial charge is 0.416 e. The molecule has 0 saturated carbocycles. The quantitative estimate of drug-likeness (QED) is 0.505. The number of hydrogen-bond donors (Lipinski definition) is 1. The van der Waals surface area contributed by atoms with Crippen LogP contribution in [0.5, 0.6) is 0 Å². The maximum absolute atomic E-state index is 13.1. The summed E-state index contributed by atoms with van der Waals surface area (Å²) in [7, 11) is 0. The molecule has 0 saturated heterocycles. The van der Waals surface area contributed by atoms with E-state index in [4.69, 9.17) is 0 Å². The third-order valence-corrected chi connectivity index (χ3v) is 5.38. The molecule has 4 nitrogen and oxygen atoms in total. The van der Waals surface area contributed by atoms with Gasteiger partial charge in [-0.1, -0.05) is 44.5 Å². The summed E-state index contributed by atoms with van der Waals surface area (Å²) >= 11 is 0. The van der Waals surface area contributed by atoms with E-state index in [9.17, 15) is 18.0 Å². The lowest BCUT2D eigenvalue weighted by atomic mass is 9.92. The molecule has 1 N–H and O–H groups in total. The second-order valence-corrected chi connectivity index (χ2v) is 9.23. The Morgan fingerprint density at radius 3 is 2.19 bits per heavy atom. The topological polar surface area (TPSA) is 46.9 Å². The van der Waals surface area contributed by atoms with Gasteiger partial charge in [-0.15, -0.1) is 0 Å². The average Bonchev–Trinajstić information content (AvgIpc) is 3.09. The number of benzene rings is 2. The SMILES string of the molecule is Cc1cc(C)c(Cn2nc(C(C)(C)C)cc2C(=O)Nc2cccc(C(F)(F)F)c2)c(C)c1. The molecule has 1 aromatic heterocycles. The molecule has 0 unspecified atom stereocenters. The van der Waals surface area contributed by atoms with E-state index in [0.717, 1.165) is 40.1 Å². The molecule has 7 heteroatoms. The van der Waals surface area contributed by atoms with Crippen molar-refractivity contribution in [2.75, 3.05) is 5.32 Å². The van der Waals surface area contributed by atoms with Gasteiger partial charge in [0.1, 0.15) is 5.69 Å². The predicted octanol–water partition coefficient (Wildman–Crippen LogP) is 6.43.